The van der Waals surface area contributed by atoms with Gasteiger partial charge in [0.1, 0.15) is 23.5 Å². The molecule has 32 heavy (non-hydrogen) atoms. The summed E-state index contributed by atoms with van der Waals surface area (Å²) in [6.45, 7) is 1.46. The van der Waals surface area contributed by atoms with Crippen LogP contribution < -0.4 is 26.4 Å². The van der Waals surface area contributed by atoms with Crippen LogP contribution in [0.25, 0.3) is 0 Å². The van der Waals surface area contributed by atoms with E-state index in [1.54, 1.807) is 12.1 Å². The predicted molar refractivity (Wildman–Crippen MR) is 127 cm³/mol. The first-order chi connectivity index (χ1) is 15.6. The third-order valence-electron chi connectivity index (χ3n) is 4.45. The normalized spacial score (nSPS) is 10.3. The lowest BCUT2D eigenvalue weighted by Gasteiger charge is -2.13. The van der Waals surface area contributed by atoms with E-state index >= 15 is 0 Å². The molecule has 0 saturated carbocycles. The maximum Gasteiger partial charge on any atom is 0.221 e. The molecular formula is C24H22N6O2. The van der Waals surface area contributed by atoms with Gasteiger partial charge in [0.2, 0.25) is 5.91 Å². The summed E-state index contributed by atoms with van der Waals surface area (Å²) in [6.07, 6.45) is 1.43. The lowest BCUT2D eigenvalue weighted by molar-refractivity contribution is -0.114. The first-order valence-electron chi connectivity index (χ1n) is 9.92. The van der Waals surface area contributed by atoms with Crippen LogP contribution >= 0.6 is 0 Å². The molecule has 0 saturated heterocycles. The van der Waals surface area contributed by atoms with E-state index in [1.807, 2.05) is 66.7 Å². The highest BCUT2D eigenvalue weighted by molar-refractivity contribution is 5.89. The second kappa shape index (κ2) is 9.48. The lowest BCUT2D eigenvalue weighted by atomic mass is 10.2. The average Bonchev–Trinajstić information content (AvgIpc) is 2.79. The summed E-state index contributed by atoms with van der Waals surface area (Å²) >= 11 is 0. The van der Waals surface area contributed by atoms with E-state index in [2.05, 4.69) is 25.9 Å². The number of nitrogens with one attached hydrogen (secondary N) is 3. The molecule has 0 aliphatic rings. The van der Waals surface area contributed by atoms with Gasteiger partial charge in [-0.05, 0) is 60.7 Å². The standard InChI is InChI=1S/C24H22N6O2/c1-16(31)28-17-7-9-18(10-8-17)29-23-22(25)24(27-15-26-23)30-19-11-13-21(14-12-19)32-20-5-3-2-4-6-20/h2-15H,25H2,1H3,(H,28,31)(H2,26,27,29,30). The van der Waals surface area contributed by atoms with Crippen molar-refractivity contribution in [1.29, 1.82) is 0 Å². The third-order valence-corrected chi connectivity index (χ3v) is 4.45. The minimum atomic E-state index is -0.124. The van der Waals surface area contributed by atoms with E-state index in [4.69, 9.17) is 10.5 Å². The number of para-hydroxylation sites is 1. The number of hydrogen-bond acceptors (Lipinski definition) is 7. The molecule has 0 fully saturated rings. The van der Waals surface area contributed by atoms with E-state index < -0.39 is 0 Å². The Morgan fingerprint density at radius 3 is 1.81 bits per heavy atom. The van der Waals surface area contributed by atoms with Crippen molar-refractivity contribution in [3.8, 4) is 11.5 Å². The van der Waals surface area contributed by atoms with Crippen LogP contribution in [0.15, 0.2) is 85.2 Å². The molecule has 4 aromatic rings. The summed E-state index contributed by atoms with van der Waals surface area (Å²) in [4.78, 5) is 19.6. The van der Waals surface area contributed by atoms with E-state index in [0.717, 1.165) is 22.9 Å². The number of hydrogen-bond donors (Lipinski definition) is 4. The van der Waals surface area contributed by atoms with Crippen LogP contribution in [-0.2, 0) is 4.79 Å². The van der Waals surface area contributed by atoms with Crippen LogP contribution in [-0.4, -0.2) is 15.9 Å². The van der Waals surface area contributed by atoms with Gasteiger partial charge in [0, 0.05) is 24.0 Å². The van der Waals surface area contributed by atoms with Gasteiger partial charge in [-0.15, -0.1) is 0 Å². The molecule has 0 bridgehead atoms. The van der Waals surface area contributed by atoms with Crippen molar-refractivity contribution >= 4 is 40.3 Å². The molecule has 0 unspecified atom stereocenters. The maximum absolute atomic E-state index is 11.1. The average molecular weight is 426 g/mol. The van der Waals surface area contributed by atoms with Gasteiger partial charge >= 0.3 is 0 Å². The monoisotopic (exact) mass is 426 g/mol. The molecule has 1 heterocycles. The Labute approximate surface area is 185 Å². The number of rotatable bonds is 7. The summed E-state index contributed by atoms with van der Waals surface area (Å²) < 4.78 is 5.81. The number of carbonyl (C=O) groups is 1. The summed E-state index contributed by atoms with van der Waals surface area (Å²) in [5.74, 6) is 2.32. The second-order valence-electron chi connectivity index (χ2n) is 6.93. The van der Waals surface area contributed by atoms with Crippen LogP contribution in [0, 0.1) is 0 Å². The third kappa shape index (κ3) is 5.31. The number of anilines is 6. The molecule has 0 aliphatic heterocycles. The molecule has 1 amide bonds. The molecule has 8 nitrogen and oxygen atoms in total. The number of nitrogen functional groups attached to an aromatic ring is 1. The predicted octanol–water partition coefficient (Wildman–Crippen LogP) is 5.30. The molecule has 0 radical (unpaired) electrons. The van der Waals surface area contributed by atoms with Crippen LogP contribution in [0.4, 0.5) is 34.4 Å². The second-order valence-corrected chi connectivity index (χ2v) is 6.93. The first kappa shape index (κ1) is 20.7. The minimum absolute atomic E-state index is 0.124. The van der Waals surface area contributed by atoms with E-state index in [9.17, 15) is 4.79 Å². The molecule has 4 rings (SSSR count). The molecule has 0 atom stereocenters. The van der Waals surface area contributed by atoms with Crippen molar-refractivity contribution in [3.05, 3.63) is 85.2 Å². The molecule has 5 N–H and O–H groups in total. The molecule has 0 aliphatic carbocycles. The van der Waals surface area contributed by atoms with Crippen molar-refractivity contribution < 1.29 is 9.53 Å². The summed E-state index contributed by atoms with van der Waals surface area (Å²) in [7, 11) is 0. The first-order valence-corrected chi connectivity index (χ1v) is 9.92. The van der Waals surface area contributed by atoms with Crippen molar-refractivity contribution in [3.63, 3.8) is 0 Å². The zero-order valence-electron chi connectivity index (χ0n) is 17.4. The smallest absolute Gasteiger partial charge is 0.221 e. The highest BCUT2D eigenvalue weighted by atomic mass is 16.5. The fourth-order valence-electron chi connectivity index (χ4n) is 2.94. The Balaban J connectivity index is 1.43. The fourth-order valence-corrected chi connectivity index (χ4v) is 2.94. The summed E-state index contributed by atoms with van der Waals surface area (Å²) in [5.41, 5.74) is 8.94. The molecule has 1 aromatic heterocycles. The molecule has 8 heteroatoms. The zero-order chi connectivity index (χ0) is 22.3. The van der Waals surface area contributed by atoms with Gasteiger partial charge in [0.15, 0.2) is 11.6 Å². The van der Waals surface area contributed by atoms with Gasteiger partial charge in [-0.1, -0.05) is 18.2 Å². The lowest BCUT2D eigenvalue weighted by Crippen LogP contribution is -2.06. The van der Waals surface area contributed by atoms with Gasteiger partial charge in [-0.2, -0.15) is 0 Å². The Hall–Kier alpha value is -4.59. The number of carbonyl (C=O) groups excluding carboxylic acids is 1. The molecular weight excluding hydrogens is 404 g/mol. The van der Waals surface area contributed by atoms with Gasteiger partial charge < -0.3 is 26.4 Å². The summed E-state index contributed by atoms with van der Waals surface area (Å²) in [5, 5.41) is 9.09. The maximum atomic E-state index is 11.1. The highest BCUT2D eigenvalue weighted by Gasteiger charge is 2.09. The largest absolute Gasteiger partial charge is 0.457 e. The van der Waals surface area contributed by atoms with Gasteiger partial charge in [0.05, 0.1) is 0 Å². The van der Waals surface area contributed by atoms with E-state index in [-0.39, 0.29) is 5.91 Å². The number of aromatic nitrogens is 2. The molecule has 3 aromatic carbocycles. The fraction of sp³-hybridized carbons (Fsp3) is 0.0417. The van der Waals surface area contributed by atoms with Gasteiger partial charge in [0.25, 0.3) is 0 Å². The van der Waals surface area contributed by atoms with Crippen molar-refractivity contribution in [2.45, 2.75) is 6.92 Å². The number of ether oxygens (including phenoxy) is 1. The SMILES string of the molecule is CC(=O)Nc1ccc(Nc2ncnc(Nc3ccc(Oc4ccccc4)cc3)c2N)cc1. The zero-order valence-corrected chi connectivity index (χ0v) is 17.4. The minimum Gasteiger partial charge on any atom is -0.457 e. The van der Waals surface area contributed by atoms with Crippen LogP contribution in [0.1, 0.15) is 6.92 Å². The Morgan fingerprint density at radius 1 is 0.750 bits per heavy atom. The van der Waals surface area contributed by atoms with Crippen molar-refractivity contribution in [2.24, 2.45) is 0 Å². The van der Waals surface area contributed by atoms with Crippen LogP contribution in [0.3, 0.4) is 0 Å². The quantitative estimate of drug-likeness (QED) is 0.317. The van der Waals surface area contributed by atoms with E-state index in [1.165, 1.54) is 13.3 Å². The Bertz CT molecular complexity index is 1200. The Kier molecular flexibility index (Phi) is 6.12. The number of benzene rings is 3. The highest BCUT2D eigenvalue weighted by Crippen LogP contribution is 2.29. The van der Waals surface area contributed by atoms with Crippen LogP contribution in [0.2, 0.25) is 0 Å². The Morgan fingerprint density at radius 2 is 1.25 bits per heavy atom. The van der Waals surface area contributed by atoms with E-state index in [0.29, 0.717) is 23.0 Å². The molecule has 0 spiro atoms. The van der Waals surface area contributed by atoms with Gasteiger partial charge in [-0.3, -0.25) is 4.79 Å². The number of nitrogens with two attached hydrogens (primary N) is 1. The summed E-state index contributed by atoms with van der Waals surface area (Å²) in [6, 6.07) is 24.3. The number of nitrogens with zero attached hydrogens (tertiary/aromatic N) is 2. The topological polar surface area (TPSA) is 114 Å². The van der Waals surface area contributed by atoms with Crippen molar-refractivity contribution in [2.75, 3.05) is 21.7 Å². The van der Waals surface area contributed by atoms with Gasteiger partial charge in [-0.25, -0.2) is 9.97 Å². The van der Waals surface area contributed by atoms with Crippen LogP contribution in [0.5, 0.6) is 11.5 Å². The molecule has 160 valence electrons. The van der Waals surface area contributed by atoms with Crippen molar-refractivity contribution in [1.82, 2.24) is 9.97 Å². The number of amides is 1.